The van der Waals surface area contributed by atoms with Gasteiger partial charge in [-0.05, 0) is 35.9 Å². The number of hydrogen-bond donors (Lipinski definition) is 0. The Hall–Kier alpha value is -3.16. The zero-order valence-electron chi connectivity index (χ0n) is 14.2. The van der Waals surface area contributed by atoms with E-state index in [9.17, 15) is 22.4 Å². The van der Waals surface area contributed by atoms with E-state index < -0.39 is 23.5 Å². The molecular weight excluding hydrogens is 362 g/mol. The summed E-state index contributed by atoms with van der Waals surface area (Å²) in [7, 11) is 1.52. The lowest BCUT2D eigenvalue weighted by atomic mass is 10.1. The fourth-order valence-corrected chi connectivity index (χ4v) is 2.55. The van der Waals surface area contributed by atoms with Crippen LogP contribution in [0.3, 0.4) is 0 Å². The van der Waals surface area contributed by atoms with Crippen LogP contribution in [0.5, 0.6) is 0 Å². The van der Waals surface area contributed by atoms with Crippen LogP contribution >= 0.6 is 0 Å². The van der Waals surface area contributed by atoms with Gasteiger partial charge in [-0.1, -0.05) is 24.3 Å². The second-order valence-corrected chi connectivity index (χ2v) is 5.95. The molecule has 0 unspecified atom stereocenters. The molecule has 0 atom stereocenters. The summed E-state index contributed by atoms with van der Waals surface area (Å²) in [5.41, 5.74) is 0.117. The molecule has 0 fully saturated rings. The molecule has 3 rings (SSSR count). The highest BCUT2D eigenvalue weighted by Crippen LogP contribution is 2.29. The van der Waals surface area contributed by atoms with Gasteiger partial charge in [0.1, 0.15) is 11.5 Å². The molecule has 1 heterocycles. The molecule has 27 heavy (non-hydrogen) atoms. The van der Waals surface area contributed by atoms with Crippen molar-refractivity contribution in [2.75, 3.05) is 7.05 Å². The average molecular weight is 377 g/mol. The molecule has 0 radical (unpaired) electrons. The monoisotopic (exact) mass is 377 g/mol. The third-order valence-corrected chi connectivity index (χ3v) is 3.96. The number of amides is 1. The number of halogens is 4. The van der Waals surface area contributed by atoms with Crippen molar-refractivity contribution < 1.29 is 22.4 Å². The van der Waals surface area contributed by atoms with Gasteiger partial charge < -0.3 is 4.90 Å². The van der Waals surface area contributed by atoms with E-state index in [1.807, 2.05) is 0 Å². The number of carbonyl (C=O) groups is 1. The third kappa shape index (κ3) is 4.16. The molecule has 0 aliphatic rings. The molecule has 3 aromatic rings. The summed E-state index contributed by atoms with van der Waals surface area (Å²) in [5.74, 6) is -0.900. The van der Waals surface area contributed by atoms with Gasteiger partial charge in [0, 0.05) is 19.8 Å². The number of carbonyl (C=O) groups excluding carboxylic acids is 1. The van der Waals surface area contributed by atoms with Gasteiger partial charge in [0.15, 0.2) is 5.69 Å². The standard InChI is InChI=1S/C19H15F4N3O/c1-25(12-13-6-8-14(9-7-13)19(21,22)23)18(27)16-10-11-26(24-16)17-5-3-2-4-15(17)20/h2-11H,12H2,1H3. The number of rotatable bonds is 4. The molecule has 0 bridgehead atoms. The Morgan fingerprint density at radius 2 is 1.74 bits per heavy atom. The van der Waals surface area contributed by atoms with Gasteiger partial charge in [-0.2, -0.15) is 18.3 Å². The zero-order valence-corrected chi connectivity index (χ0v) is 14.2. The first-order valence-corrected chi connectivity index (χ1v) is 7.98. The number of alkyl halides is 3. The van der Waals surface area contributed by atoms with Crippen LogP contribution in [0.2, 0.25) is 0 Å². The fraction of sp³-hybridized carbons (Fsp3) is 0.158. The summed E-state index contributed by atoms with van der Waals surface area (Å²) in [6, 6.07) is 12.1. The van der Waals surface area contributed by atoms with E-state index in [-0.39, 0.29) is 17.9 Å². The highest BCUT2D eigenvalue weighted by Gasteiger charge is 2.30. The molecule has 0 saturated carbocycles. The summed E-state index contributed by atoms with van der Waals surface area (Å²) in [4.78, 5) is 13.8. The van der Waals surface area contributed by atoms with Gasteiger partial charge in [0.25, 0.3) is 5.91 Å². The van der Waals surface area contributed by atoms with Crippen LogP contribution in [0.4, 0.5) is 17.6 Å². The maximum atomic E-state index is 13.8. The van der Waals surface area contributed by atoms with E-state index in [1.165, 1.54) is 53.2 Å². The Kier molecular flexibility index (Phi) is 4.98. The van der Waals surface area contributed by atoms with Crippen LogP contribution in [0.1, 0.15) is 21.6 Å². The molecule has 1 aromatic heterocycles. The molecule has 140 valence electrons. The van der Waals surface area contributed by atoms with Crippen molar-refractivity contribution in [3.05, 3.63) is 83.4 Å². The summed E-state index contributed by atoms with van der Waals surface area (Å²) in [6.07, 6.45) is -2.93. The third-order valence-electron chi connectivity index (χ3n) is 3.96. The van der Waals surface area contributed by atoms with Crippen molar-refractivity contribution in [3.8, 4) is 5.69 Å². The maximum absolute atomic E-state index is 13.8. The van der Waals surface area contributed by atoms with Crippen molar-refractivity contribution in [1.29, 1.82) is 0 Å². The van der Waals surface area contributed by atoms with Gasteiger partial charge in [0.05, 0.1) is 5.56 Å². The van der Waals surface area contributed by atoms with Gasteiger partial charge in [-0.3, -0.25) is 4.79 Å². The molecule has 0 aliphatic carbocycles. The topological polar surface area (TPSA) is 38.1 Å². The number of aromatic nitrogens is 2. The summed E-state index contributed by atoms with van der Waals surface area (Å²) < 4.78 is 52.9. The molecule has 2 aromatic carbocycles. The fourth-order valence-electron chi connectivity index (χ4n) is 2.55. The predicted molar refractivity (Wildman–Crippen MR) is 90.8 cm³/mol. The lowest BCUT2D eigenvalue weighted by Gasteiger charge is -2.16. The Labute approximate surface area is 152 Å². The van der Waals surface area contributed by atoms with E-state index in [0.29, 0.717) is 5.56 Å². The van der Waals surface area contributed by atoms with Crippen LogP contribution in [0.15, 0.2) is 60.8 Å². The van der Waals surface area contributed by atoms with Gasteiger partial charge in [-0.15, -0.1) is 0 Å². The molecule has 0 N–H and O–H groups in total. The largest absolute Gasteiger partial charge is 0.416 e. The second-order valence-electron chi connectivity index (χ2n) is 5.95. The van der Waals surface area contributed by atoms with Crippen molar-refractivity contribution in [2.24, 2.45) is 0 Å². The molecule has 0 spiro atoms. The Morgan fingerprint density at radius 1 is 1.07 bits per heavy atom. The highest BCUT2D eigenvalue weighted by molar-refractivity contribution is 5.92. The van der Waals surface area contributed by atoms with Gasteiger partial charge in [-0.25, -0.2) is 9.07 Å². The Balaban J connectivity index is 1.72. The zero-order chi connectivity index (χ0) is 19.6. The minimum absolute atomic E-state index is 0.104. The lowest BCUT2D eigenvalue weighted by Crippen LogP contribution is -2.26. The normalized spacial score (nSPS) is 11.4. The lowest BCUT2D eigenvalue weighted by molar-refractivity contribution is -0.137. The van der Waals surface area contributed by atoms with Crippen LogP contribution < -0.4 is 0 Å². The van der Waals surface area contributed by atoms with E-state index in [1.54, 1.807) is 12.1 Å². The van der Waals surface area contributed by atoms with Crippen LogP contribution in [0, 0.1) is 5.82 Å². The Bertz CT molecular complexity index is 948. The molecule has 8 heteroatoms. The van der Waals surface area contributed by atoms with Gasteiger partial charge in [0.2, 0.25) is 0 Å². The summed E-state index contributed by atoms with van der Waals surface area (Å²) >= 11 is 0. The predicted octanol–water partition coefficient (Wildman–Crippen LogP) is 4.30. The van der Waals surface area contributed by atoms with E-state index in [4.69, 9.17) is 0 Å². The number of para-hydroxylation sites is 1. The molecule has 4 nitrogen and oxygen atoms in total. The minimum Gasteiger partial charge on any atom is -0.336 e. The smallest absolute Gasteiger partial charge is 0.336 e. The van der Waals surface area contributed by atoms with E-state index in [0.717, 1.165) is 12.1 Å². The van der Waals surface area contributed by atoms with Crippen LogP contribution in [-0.2, 0) is 12.7 Å². The average Bonchev–Trinajstić information content (AvgIpc) is 3.11. The first-order valence-electron chi connectivity index (χ1n) is 7.98. The van der Waals surface area contributed by atoms with Crippen molar-refractivity contribution in [3.63, 3.8) is 0 Å². The quantitative estimate of drug-likeness (QED) is 0.636. The number of hydrogen-bond acceptors (Lipinski definition) is 2. The first-order chi connectivity index (χ1) is 12.8. The van der Waals surface area contributed by atoms with Crippen molar-refractivity contribution in [1.82, 2.24) is 14.7 Å². The summed E-state index contributed by atoms with van der Waals surface area (Å²) in [6.45, 7) is 0.115. The summed E-state index contributed by atoms with van der Waals surface area (Å²) in [5, 5.41) is 4.09. The first kappa shape index (κ1) is 18.6. The van der Waals surface area contributed by atoms with Crippen LogP contribution in [-0.4, -0.2) is 27.6 Å². The molecule has 1 amide bonds. The van der Waals surface area contributed by atoms with E-state index >= 15 is 0 Å². The molecular formula is C19H15F4N3O. The van der Waals surface area contributed by atoms with Crippen molar-refractivity contribution in [2.45, 2.75) is 12.7 Å². The maximum Gasteiger partial charge on any atom is 0.416 e. The molecule has 0 aliphatic heterocycles. The van der Waals surface area contributed by atoms with E-state index in [2.05, 4.69) is 5.10 Å². The minimum atomic E-state index is -4.40. The number of nitrogens with zero attached hydrogens (tertiary/aromatic N) is 3. The molecule has 0 saturated heterocycles. The Morgan fingerprint density at radius 3 is 2.37 bits per heavy atom. The SMILES string of the molecule is CN(Cc1ccc(C(F)(F)F)cc1)C(=O)c1ccn(-c2ccccc2F)n1. The number of benzene rings is 2. The van der Waals surface area contributed by atoms with Crippen molar-refractivity contribution >= 4 is 5.91 Å². The van der Waals surface area contributed by atoms with Crippen LogP contribution in [0.25, 0.3) is 5.69 Å². The van der Waals surface area contributed by atoms with Gasteiger partial charge >= 0.3 is 6.18 Å². The highest BCUT2D eigenvalue weighted by atomic mass is 19.4. The second kappa shape index (κ2) is 7.22.